The maximum absolute atomic E-state index is 9.24. The predicted molar refractivity (Wildman–Crippen MR) is 71.2 cm³/mol. The Balaban J connectivity index is 2.51. The first kappa shape index (κ1) is 12.3. The largest absolute Gasteiger partial charge is 0.394 e. The second-order valence-corrected chi connectivity index (χ2v) is 4.85. The Bertz CT molecular complexity index is 614. The molecular formula is C14H15N3O. The maximum atomic E-state index is 9.24. The minimum atomic E-state index is -0.470. The van der Waals surface area contributed by atoms with Gasteiger partial charge in [0.2, 0.25) is 0 Å². The van der Waals surface area contributed by atoms with Gasteiger partial charge in [-0.3, -0.25) is 0 Å². The van der Waals surface area contributed by atoms with Crippen LogP contribution >= 0.6 is 0 Å². The fraction of sp³-hybridized carbons (Fsp3) is 0.286. The summed E-state index contributed by atoms with van der Waals surface area (Å²) in [6.07, 6.45) is 0. The molecule has 2 aromatic rings. The molecule has 0 spiro atoms. The predicted octanol–water partition coefficient (Wildman–Crippen LogP) is 2.29. The molecule has 0 atom stereocenters. The molecule has 2 rings (SSSR count). The molecule has 0 aliphatic rings. The number of benzene rings is 1. The van der Waals surface area contributed by atoms with Crippen molar-refractivity contribution in [1.29, 1.82) is 5.26 Å². The number of aromatic nitrogens is 1. The Morgan fingerprint density at radius 1 is 1.39 bits per heavy atom. The van der Waals surface area contributed by atoms with Gasteiger partial charge in [-0.25, -0.2) is 4.98 Å². The number of hydrogen-bond acceptors (Lipinski definition) is 4. The zero-order valence-corrected chi connectivity index (χ0v) is 10.4. The summed E-state index contributed by atoms with van der Waals surface area (Å²) in [7, 11) is 0. The number of nitriles is 1. The van der Waals surface area contributed by atoms with Gasteiger partial charge in [-0.15, -0.1) is 0 Å². The normalized spacial score (nSPS) is 11.2. The van der Waals surface area contributed by atoms with Crippen molar-refractivity contribution in [2.75, 3.05) is 11.9 Å². The average molecular weight is 241 g/mol. The maximum Gasteiger partial charge on any atom is 0.128 e. The van der Waals surface area contributed by atoms with Crippen molar-refractivity contribution in [2.45, 2.75) is 19.4 Å². The first-order chi connectivity index (χ1) is 8.55. The van der Waals surface area contributed by atoms with Gasteiger partial charge in [0.15, 0.2) is 0 Å². The molecule has 2 N–H and O–H groups in total. The molecule has 0 aliphatic carbocycles. The Morgan fingerprint density at radius 3 is 2.78 bits per heavy atom. The topological polar surface area (TPSA) is 68.9 Å². The lowest BCUT2D eigenvalue weighted by molar-refractivity contribution is 0.234. The molecule has 0 saturated heterocycles. The summed E-state index contributed by atoms with van der Waals surface area (Å²) in [6, 6.07) is 11.4. The number of para-hydroxylation sites is 1. The van der Waals surface area contributed by atoms with E-state index in [2.05, 4.69) is 16.4 Å². The second kappa shape index (κ2) is 4.63. The number of pyridine rings is 1. The number of aliphatic hydroxyl groups is 1. The van der Waals surface area contributed by atoms with E-state index < -0.39 is 5.54 Å². The Labute approximate surface area is 106 Å². The van der Waals surface area contributed by atoms with Crippen LogP contribution in [0.5, 0.6) is 0 Å². The highest BCUT2D eigenvalue weighted by molar-refractivity contribution is 5.86. The minimum Gasteiger partial charge on any atom is -0.394 e. The van der Waals surface area contributed by atoms with E-state index >= 15 is 0 Å². The molecule has 0 aliphatic heterocycles. The van der Waals surface area contributed by atoms with E-state index in [9.17, 15) is 5.11 Å². The summed E-state index contributed by atoms with van der Waals surface area (Å²) in [4.78, 5) is 4.44. The van der Waals surface area contributed by atoms with E-state index in [-0.39, 0.29) is 6.61 Å². The molecule has 92 valence electrons. The van der Waals surface area contributed by atoms with Crippen LogP contribution in [-0.4, -0.2) is 22.2 Å². The van der Waals surface area contributed by atoms with E-state index in [0.717, 1.165) is 10.9 Å². The molecule has 1 aromatic carbocycles. The Kier molecular flexibility index (Phi) is 3.17. The van der Waals surface area contributed by atoms with E-state index in [0.29, 0.717) is 11.4 Å². The highest BCUT2D eigenvalue weighted by Gasteiger charge is 2.17. The van der Waals surface area contributed by atoms with Crippen molar-refractivity contribution in [1.82, 2.24) is 4.98 Å². The molecule has 0 amide bonds. The quantitative estimate of drug-likeness (QED) is 0.865. The lowest BCUT2D eigenvalue weighted by Gasteiger charge is -2.24. The summed E-state index contributed by atoms with van der Waals surface area (Å²) >= 11 is 0. The highest BCUT2D eigenvalue weighted by atomic mass is 16.3. The van der Waals surface area contributed by atoms with Crippen LogP contribution in [0, 0.1) is 11.3 Å². The monoisotopic (exact) mass is 241 g/mol. The molecule has 0 fully saturated rings. The highest BCUT2D eigenvalue weighted by Crippen LogP contribution is 2.21. The van der Waals surface area contributed by atoms with E-state index in [1.54, 1.807) is 6.07 Å². The second-order valence-electron chi connectivity index (χ2n) is 4.85. The number of hydrogen-bond donors (Lipinski definition) is 2. The Morgan fingerprint density at radius 2 is 2.11 bits per heavy atom. The van der Waals surface area contributed by atoms with Gasteiger partial charge in [0.1, 0.15) is 5.82 Å². The summed E-state index contributed by atoms with van der Waals surface area (Å²) in [5.41, 5.74) is 0.881. The number of anilines is 1. The van der Waals surface area contributed by atoms with Crippen molar-refractivity contribution in [2.24, 2.45) is 0 Å². The SMILES string of the molecule is CC(C)(CO)Nc1cc(C#N)c2ccccc2n1. The standard InChI is InChI=1S/C14H15N3O/c1-14(2,9-18)17-13-7-10(8-15)11-5-3-4-6-12(11)16-13/h3-7,18H,9H2,1-2H3,(H,16,17). The van der Waals surface area contributed by atoms with E-state index in [1.807, 2.05) is 38.1 Å². The molecule has 18 heavy (non-hydrogen) atoms. The van der Waals surface area contributed by atoms with Gasteiger partial charge in [0.05, 0.1) is 29.3 Å². The molecule has 0 saturated carbocycles. The van der Waals surface area contributed by atoms with Crippen LogP contribution in [-0.2, 0) is 0 Å². The molecule has 4 heteroatoms. The molecule has 0 bridgehead atoms. The van der Waals surface area contributed by atoms with Crippen LogP contribution in [0.2, 0.25) is 0 Å². The smallest absolute Gasteiger partial charge is 0.128 e. The molecule has 0 radical (unpaired) electrons. The van der Waals surface area contributed by atoms with Crippen molar-refractivity contribution < 1.29 is 5.11 Å². The number of fused-ring (bicyclic) bond motifs is 1. The molecule has 1 aromatic heterocycles. The molecule has 4 nitrogen and oxygen atoms in total. The van der Waals surface area contributed by atoms with Gasteiger partial charge < -0.3 is 10.4 Å². The van der Waals surface area contributed by atoms with Crippen molar-refractivity contribution >= 4 is 16.7 Å². The van der Waals surface area contributed by atoms with Crippen LogP contribution < -0.4 is 5.32 Å². The first-order valence-corrected chi connectivity index (χ1v) is 5.75. The third-order valence-electron chi connectivity index (χ3n) is 2.70. The summed E-state index contributed by atoms with van der Waals surface area (Å²) in [6.45, 7) is 3.73. The summed E-state index contributed by atoms with van der Waals surface area (Å²) in [5, 5.41) is 22.4. The van der Waals surface area contributed by atoms with Crippen molar-refractivity contribution in [3.8, 4) is 6.07 Å². The first-order valence-electron chi connectivity index (χ1n) is 5.75. The summed E-state index contributed by atoms with van der Waals surface area (Å²) < 4.78 is 0. The minimum absolute atomic E-state index is 0.0105. The lowest BCUT2D eigenvalue weighted by atomic mass is 10.1. The number of nitrogens with zero attached hydrogens (tertiary/aromatic N) is 2. The Hall–Kier alpha value is -2.12. The van der Waals surface area contributed by atoms with Crippen LogP contribution in [0.15, 0.2) is 30.3 Å². The van der Waals surface area contributed by atoms with Gasteiger partial charge in [-0.1, -0.05) is 18.2 Å². The number of nitrogens with one attached hydrogen (secondary N) is 1. The third-order valence-corrected chi connectivity index (χ3v) is 2.70. The summed E-state index contributed by atoms with van der Waals surface area (Å²) in [5.74, 6) is 0.601. The number of rotatable bonds is 3. The van der Waals surface area contributed by atoms with Crippen LogP contribution in [0.3, 0.4) is 0 Å². The van der Waals surface area contributed by atoms with Crippen molar-refractivity contribution in [3.63, 3.8) is 0 Å². The molecule has 0 unspecified atom stereocenters. The van der Waals surface area contributed by atoms with E-state index in [1.165, 1.54) is 0 Å². The van der Waals surface area contributed by atoms with Gasteiger partial charge in [-0.05, 0) is 26.0 Å². The van der Waals surface area contributed by atoms with Crippen LogP contribution in [0.25, 0.3) is 10.9 Å². The van der Waals surface area contributed by atoms with E-state index in [4.69, 9.17) is 5.26 Å². The fourth-order valence-electron chi connectivity index (χ4n) is 1.72. The van der Waals surface area contributed by atoms with Gasteiger partial charge >= 0.3 is 0 Å². The zero-order valence-electron chi connectivity index (χ0n) is 10.4. The van der Waals surface area contributed by atoms with Crippen molar-refractivity contribution in [3.05, 3.63) is 35.9 Å². The average Bonchev–Trinajstić information content (AvgIpc) is 2.37. The number of aliphatic hydroxyl groups excluding tert-OH is 1. The fourth-order valence-corrected chi connectivity index (χ4v) is 1.72. The third kappa shape index (κ3) is 2.41. The van der Waals surface area contributed by atoms with Gasteiger partial charge in [0, 0.05) is 5.39 Å². The zero-order chi connectivity index (χ0) is 13.2. The van der Waals surface area contributed by atoms with Crippen LogP contribution in [0.1, 0.15) is 19.4 Å². The lowest BCUT2D eigenvalue weighted by Crippen LogP contribution is -2.35. The molecular weight excluding hydrogens is 226 g/mol. The van der Waals surface area contributed by atoms with Gasteiger partial charge in [-0.2, -0.15) is 5.26 Å². The molecule has 1 heterocycles. The van der Waals surface area contributed by atoms with Crippen LogP contribution in [0.4, 0.5) is 5.82 Å². The van der Waals surface area contributed by atoms with Gasteiger partial charge in [0.25, 0.3) is 0 Å².